The van der Waals surface area contributed by atoms with Crippen LogP contribution in [0.15, 0.2) is 52.7 Å². The Balaban J connectivity index is 1.58. The summed E-state index contributed by atoms with van der Waals surface area (Å²) >= 11 is 0. The third-order valence-corrected chi connectivity index (χ3v) is 5.58. The first-order chi connectivity index (χ1) is 16.6. The summed E-state index contributed by atoms with van der Waals surface area (Å²) in [4.78, 5) is 29.8. The lowest BCUT2D eigenvalue weighted by Gasteiger charge is -2.09. The summed E-state index contributed by atoms with van der Waals surface area (Å²) in [6.07, 6.45) is 5.49. The second kappa shape index (κ2) is 10.3. The minimum Gasteiger partial charge on any atom is -0.497 e. The van der Waals surface area contributed by atoms with Crippen LogP contribution in [0.25, 0.3) is 16.9 Å². The normalized spacial score (nSPS) is 11.9. The van der Waals surface area contributed by atoms with E-state index < -0.39 is 0 Å². The number of aryl methyl sites for hydroxylation is 2. The Morgan fingerprint density at radius 1 is 1.24 bits per heavy atom. The van der Waals surface area contributed by atoms with Crippen molar-refractivity contribution in [3.8, 4) is 5.75 Å². The molecule has 3 heterocycles. The molecule has 0 radical (unpaired) electrons. The fraction of sp³-hybridized carbons (Fsp3) is 0.348. The largest absolute Gasteiger partial charge is 0.497 e. The molecule has 0 atom stereocenters. The second-order valence-corrected chi connectivity index (χ2v) is 7.85. The quantitative estimate of drug-likeness (QED) is 0.159. The molecule has 3 N–H and O–H groups in total. The van der Waals surface area contributed by atoms with E-state index in [1.54, 1.807) is 31.4 Å². The third-order valence-electron chi connectivity index (χ3n) is 5.58. The molecular formula is C23H28N8O3. The third kappa shape index (κ3) is 4.55. The van der Waals surface area contributed by atoms with Crippen molar-refractivity contribution < 1.29 is 9.57 Å². The molecule has 11 heteroatoms. The van der Waals surface area contributed by atoms with Crippen molar-refractivity contribution in [2.45, 2.75) is 45.6 Å². The molecule has 0 aliphatic rings. The average molecular weight is 465 g/mol. The van der Waals surface area contributed by atoms with Gasteiger partial charge in [-0.2, -0.15) is 5.90 Å². The Hall–Kier alpha value is -3.99. The zero-order chi connectivity index (χ0) is 24.1. The molecule has 0 unspecified atom stereocenters. The summed E-state index contributed by atoms with van der Waals surface area (Å²) < 4.78 is 8.64. The Bertz CT molecular complexity index is 1380. The maximum Gasteiger partial charge on any atom is 0.286 e. The summed E-state index contributed by atoms with van der Waals surface area (Å²) in [7, 11) is 1.59. The molecule has 3 aromatic heterocycles. The molecule has 0 spiro atoms. The van der Waals surface area contributed by atoms with Gasteiger partial charge in [-0.3, -0.25) is 9.36 Å². The molecule has 0 amide bonds. The minimum atomic E-state index is -0.229. The van der Waals surface area contributed by atoms with Crippen LogP contribution in [0.3, 0.4) is 0 Å². The highest BCUT2D eigenvalue weighted by molar-refractivity contribution is 5.94. The minimum absolute atomic E-state index is 0.229. The van der Waals surface area contributed by atoms with Crippen LogP contribution in [0.4, 0.5) is 0 Å². The fourth-order valence-corrected chi connectivity index (χ4v) is 3.78. The van der Waals surface area contributed by atoms with Crippen LogP contribution in [0.1, 0.15) is 44.0 Å². The molecule has 34 heavy (non-hydrogen) atoms. The number of aromatic nitrogens is 6. The Morgan fingerprint density at radius 2 is 2.03 bits per heavy atom. The molecule has 178 valence electrons. The van der Waals surface area contributed by atoms with E-state index in [2.05, 4.69) is 38.7 Å². The number of nitrogens with two attached hydrogens (primary N) is 1. The highest BCUT2D eigenvalue weighted by Gasteiger charge is 2.18. The van der Waals surface area contributed by atoms with Crippen LogP contribution in [0, 0.1) is 0 Å². The maximum atomic E-state index is 13.1. The number of aliphatic imine (C=N–C) groups is 1. The van der Waals surface area contributed by atoms with E-state index in [-0.39, 0.29) is 11.5 Å². The number of ether oxygens (including phenoxy) is 1. The summed E-state index contributed by atoms with van der Waals surface area (Å²) in [6.45, 7) is 6.85. The fourth-order valence-electron chi connectivity index (χ4n) is 3.78. The molecule has 11 nitrogen and oxygen atoms in total. The van der Waals surface area contributed by atoms with Gasteiger partial charge in [0, 0.05) is 24.2 Å². The van der Waals surface area contributed by atoms with E-state index in [1.807, 2.05) is 4.57 Å². The van der Waals surface area contributed by atoms with Crippen LogP contribution < -0.4 is 16.2 Å². The van der Waals surface area contributed by atoms with Crippen molar-refractivity contribution >= 4 is 22.8 Å². The van der Waals surface area contributed by atoms with Crippen LogP contribution in [0.5, 0.6) is 5.75 Å². The van der Waals surface area contributed by atoms with E-state index in [0.717, 1.165) is 19.3 Å². The van der Waals surface area contributed by atoms with Gasteiger partial charge in [0.25, 0.3) is 5.56 Å². The molecule has 1 aromatic carbocycles. The number of nitrogens with zero attached hydrogens (tertiary/aromatic N) is 6. The first-order valence-corrected chi connectivity index (χ1v) is 11.1. The van der Waals surface area contributed by atoms with Gasteiger partial charge in [-0.1, -0.05) is 26.3 Å². The smallest absolute Gasteiger partial charge is 0.286 e. The standard InChI is InChI=1S/C23H28N8O3/c1-4-5-6-13-30-20-19(25-14-26-20)22(32)31-18(28-29-23(30)31)12-7-15(2)27-21(34-24)16-8-10-17(33-3)11-9-16/h8-11,14H,2,4-7,12-13,24H2,1,3H3,(H,25,26)/b27-21-. The van der Waals surface area contributed by atoms with Gasteiger partial charge in [-0.05, 0) is 37.1 Å². The molecule has 0 aliphatic carbocycles. The summed E-state index contributed by atoms with van der Waals surface area (Å²) in [5.74, 6) is 7.39. The van der Waals surface area contributed by atoms with Crippen LogP contribution >= 0.6 is 0 Å². The topological polar surface area (TPSA) is 138 Å². The Morgan fingerprint density at radius 3 is 2.74 bits per heavy atom. The van der Waals surface area contributed by atoms with E-state index >= 15 is 0 Å². The van der Waals surface area contributed by atoms with Gasteiger partial charge in [0.15, 0.2) is 5.65 Å². The van der Waals surface area contributed by atoms with Crippen molar-refractivity contribution in [1.82, 2.24) is 29.1 Å². The molecule has 0 aliphatic heterocycles. The molecular weight excluding hydrogens is 436 g/mol. The number of fused-ring (bicyclic) bond motifs is 2. The number of hydrogen-bond acceptors (Lipinski definition) is 8. The lowest BCUT2D eigenvalue weighted by atomic mass is 10.2. The molecule has 4 aromatic rings. The van der Waals surface area contributed by atoms with Gasteiger partial charge in [0.05, 0.1) is 13.4 Å². The molecule has 0 fully saturated rings. The van der Waals surface area contributed by atoms with Gasteiger partial charge in [-0.25, -0.2) is 14.4 Å². The highest BCUT2D eigenvalue weighted by Crippen LogP contribution is 2.16. The number of benzene rings is 1. The first-order valence-electron chi connectivity index (χ1n) is 11.1. The monoisotopic (exact) mass is 464 g/mol. The van der Waals surface area contributed by atoms with Crippen molar-refractivity contribution in [1.29, 1.82) is 0 Å². The summed E-state index contributed by atoms with van der Waals surface area (Å²) in [6, 6.07) is 7.16. The molecule has 0 bridgehead atoms. The van der Waals surface area contributed by atoms with Gasteiger partial charge in [-0.15, -0.1) is 10.2 Å². The maximum absolute atomic E-state index is 13.1. The summed E-state index contributed by atoms with van der Waals surface area (Å²) in [5.41, 5.74) is 2.01. The van der Waals surface area contributed by atoms with E-state index in [0.29, 0.717) is 59.2 Å². The number of nitrogens with one attached hydrogen (secondary N) is 1. The van der Waals surface area contributed by atoms with E-state index in [9.17, 15) is 4.79 Å². The van der Waals surface area contributed by atoms with Crippen LogP contribution in [-0.4, -0.2) is 42.1 Å². The van der Waals surface area contributed by atoms with Crippen molar-refractivity contribution in [3.05, 3.63) is 64.6 Å². The predicted molar refractivity (Wildman–Crippen MR) is 129 cm³/mol. The number of hydrogen-bond donors (Lipinski definition) is 2. The summed E-state index contributed by atoms with van der Waals surface area (Å²) in [5, 5.41) is 8.59. The van der Waals surface area contributed by atoms with Gasteiger partial charge >= 0.3 is 0 Å². The predicted octanol–water partition coefficient (Wildman–Crippen LogP) is 2.75. The SMILES string of the molecule is C=C(CCc1nnc2n(CCCCC)c3nc[nH]c3c(=O)n12)/N=C(\ON)c1ccc(OC)cc1. The van der Waals surface area contributed by atoms with Crippen LogP contribution in [-0.2, 0) is 17.8 Å². The number of imidazole rings is 1. The van der Waals surface area contributed by atoms with E-state index in [4.69, 9.17) is 15.5 Å². The molecule has 0 saturated carbocycles. The highest BCUT2D eigenvalue weighted by atomic mass is 16.6. The lowest BCUT2D eigenvalue weighted by Crippen LogP contribution is -2.21. The van der Waals surface area contributed by atoms with Gasteiger partial charge < -0.3 is 14.6 Å². The van der Waals surface area contributed by atoms with Crippen LogP contribution in [0.2, 0.25) is 0 Å². The Kier molecular flexibility index (Phi) is 7.02. The van der Waals surface area contributed by atoms with Gasteiger partial charge in [0.2, 0.25) is 11.7 Å². The number of aromatic amines is 1. The van der Waals surface area contributed by atoms with Crippen molar-refractivity contribution in [2.24, 2.45) is 10.9 Å². The first kappa shape index (κ1) is 23.2. The number of unbranched alkanes of at least 4 members (excludes halogenated alkanes) is 2. The lowest BCUT2D eigenvalue weighted by molar-refractivity contribution is 0.321. The van der Waals surface area contributed by atoms with E-state index in [1.165, 1.54) is 10.7 Å². The number of H-pyrrole nitrogens is 1. The second-order valence-electron chi connectivity index (χ2n) is 7.85. The molecule has 4 rings (SSSR count). The number of methoxy groups -OCH3 is 1. The Labute approximate surface area is 195 Å². The van der Waals surface area contributed by atoms with Gasteiger partial charge in [0.1, 0.15) is 17.1 Å². The van der Waals surface area contributed by atoms with Crippen molar-refractivity contribution in [2.75, 3.05) is 7.11 Å². The number of allylic oxidation sites excluding steroid dienone is 1. The average Bonchev–Trinajstić information content (AvgIpc) is 3.52. The zero-order valence-corrected chi connectivity index (χ0v) is 19.3. The number of rotatable bonds is 10. The molecule has 0 saturated heterocycles. The zero-order valence-electron chi connectivity index (χ0n) is 19.3. The van der Waals surface area contributed by atoms with Crippen molar-refractivity contribution in [3.63, 3.8) is 0 Å².